The molecule has 0 saturated heterocycles. The third-order valence-corrected chi connectivity index (χ3v) is 6.48. The predicted molar refractivity (Wildman–Crippen MR) is 147 cm³/mol. The lowest BCUT2D eigenvalue weighted by atomic mass is 9.95. The number of amides is 1. The van der Waals surface area contributed by atoms with Crippen LogP contribution >= 0.6 is 0 Å². The number of aliphatic hydroxyl groups is 1. The van der Waals surface area contributed by atoms with Gasteiger partial charge in [0.1, 0.15) is 0 Å². The van der Waals surface area contributed by atoms with Crippen LogP contribution in [0.25, 0.3) is 6.08 Å². The first-order valence-corrected chi connectivity index (χ1v) is 12.6. The van der Waals surface area contributed by atoms with Crippen molar-refractivity contribution in [2.45, 2.75) is 19.4 Å². The van der Waals surface area contributed by atoms with E-state index < -0.39 is 23.5 Å². The van der Waals surface area contributed by atoms with Crippen LogP contribution < -0.4 is 14.2 Å². The van der Waals surface area contributed by atoms with Crippen molar-refractivity contribution in [1.82, 2.24) is 4.90 Å². The number of carbonyl (C=O) groups excluding carboxylic acids is 2. The number of aromatic hydroxyl groups is 1. The number of ether oxygens (including phenoxy) is 3. The van der Waals surface area contributed by atoms with Crippen LogP contribution in [0, 0.1) is 0 Å². The standard InChI is InChI=1S/C31H31NO7/c1-4-39-26-19-22(12-14-23(26)33)29-28(24(34)13-10-20-8-6-5-7-9-20)30(35)31(36)32(29)17-16-21-11-15-25(37-2)27(18-21)38-3/h5-15,18-19,29,33,35H,4,16-17H2,1-3H3/b13-10+. The maximum Gasteiger partial charge on any atom is 0.290 e. The molecule has 8 nitrogen and oxygen atoms in total. The van der Waals surface area contributed by atoms with Crippen LogP contribution in [0.4, 0.5) is 0 Å². The number of methoxy groups -OCH3 is 2. The number of rotatable bonds is 11. The summed E-state index contributed by atoms with van der Waals surface area (Å²) < 4.78 is 16.2. The van der Waals surface area contributed by atoms with Crippen molar-refractivity contribution in [3.05, 3.63) is 101 Å². The number of allylic oxidation sites excluding steroid dienone is 1. The van der Waals surface area contributed by atoms with Crippen LogP contribution in [0.3, 0.4) is 0 Å². The summed E-state index contributed by atoms with van der Waals surface area (Å²) in [5.74, 6) is -0.436. The highest BCUT2D eigenvalue weighted by atomic mass is 16.5. The fraction of sp³-hybridized carbons (Fsp3) is 0.226. The van der Waals surface area contributed by atoms with Crippen LogP contribution in [0.5, 0.6) is 23.0 Å². The number of aliphatic hydroxyl groups excluding tert-OH is 1. The van der Waals surface area contributed by atoms with Gasteiger partial charge in [0.05, 0.1) is 32.4 Å². The van der Waals surface area contributed by atoms with E-state index in [9.17, 15) is 19.8 Å². The molecule has 1 heterocycles. The Kier molecular flexibility index (Phi) is 8.56. The average Bonchev–Trinajstić information content (AvgIpc) is 3.21. The molecule has 0 spiro atoms. The summed E-state index contributed by atoms with van der Waals surface area (Å²) in [6.45, 7) is 2.30. The van der Waals surface area contributed by atoms with Gasteiger partial charge in [-0.3, -0.25) is 9.59 Å². The Bertz CT molecular complexity index is 1410. The highest BCUT2D eigenvalue weighted by Crippen LogP contribution is 2.41. The molecule has 0 saturated carbocycles. The number of phenols is 1. The summed E-state index contributed by atoms with van der Waals surface area (Å²) in [6, 6.07) is 18.5. The molecule has 0 fully saturated rings. The second kappa shape index (κ2) is 12.2. The van der Waals surface area contributed by atoms with E-state index in [0.29, 0.717) is 30.1 Å². The van der Waals surface area contributed by atoms with E-state index in [-0.39, 0.29) is 23.6 Å². The summed E-state index contributed by atoms with van der Waals surface area (Å²) in [4.78, 5) is 28.2. The van der Waals surface area contributed by atoms with Crippen molar-refractivity contribution in [2.24, 2.45) is 0 Å². The Morgan fingerprint density at radius 2 is 1.69 bits per heavy atom. The number of hydrogen-bond acceptors (Lipinski definition) is 7. The number of benzene rings is 3. The fourth-order valence-electron chi connectivity index (χ4n) is 4.57. The Morgan fingerprint density at radius 3 is 2.38 bits per heavy atom. The summed E-state index contributed by atoms with van der Waals surface area (Å²) in [6.07, 6.45) is 3.41. The first kappa shape index (κ1) is 27.3. The minimum Gasteiger partial charge on any atom is -0.504 e. The molecular formula is C31H31NO7. The first-order valence-electron chi connectivity index (χ1n) is 12.6. The van der Waals surface area contributed by atoms with Gasteiger partial charge in [0.15, 0.2) is 34.5 Å². The van der Waals surface area contributed by atoms with Gasteiger partial charge in [-0.1, -0.05) is 48.5 Å². The molecule has 0 radical (unpaired) electrons. The number of carbonyl (C=O) groups is 2. The lowest BCUT2D eigenvalue weighted by Crippen LogP contribution is -2.33. The lowest BCUT2D eigenvalue weighted by molar-refractivity contribution is -0.129. The van der Waals surface area contributed by atoms with E-state index in [0.717, 1.165) is 11.1 Å². The summed E-state index contributed by atoms with van der Waals surface area (Å²) in [5, 5.41) is 21.2. The predicted octanol–water partition coefficient (Wildman–Crippen LogP) is 5.03. The molecule has 202 valence electrons. The van der Waals surface area contributed by atoms with Crippen molar-refractivity contribution >= 4 is 17.8 Å². The molecule has 39 heavy (non-hydrogen) atoms. The van der Waals surface area contributed by atoms with Crippen molar-refractivity contribution in [3.63, 3.8) is 0 Å². The molecule has 3 aromatic carbocycles. The van der Waals surface area contributed by atoms with E-state index in [1.807, 2.05) is 42.5 Å². The van der Waals surface area contributed by atoms with Crippen LogP contribution in [-0.2, 0) is 16.0 Å². The second-order valence-corrected chi connectivity index (χ2v) is 8.87. The van der Waals surface area contributed by atoms with E-state index in [4.69, 9.17) is 14.2 Å². The molecule has 1 unspecified atom stereocenters. The third-order valence-electron chi connectivity index (χ3n) is 6.48. The van der Waals surface area contributed by atoms with Crippen LogP contribution in [0.2, 0.25) is 0 Å². The third kappa shape index (κ3) is 5.90. The zero-order valence-corrected chi connectivity index (χ0v) is 22.1. The van der Waals surface area contributed by atoms with Crippen LogP contribution in [0.1, 0.15) is 29.7 Å². The number of ketones is 1. The van der Waals surface area contributed by atoms with Crippen molar-refractivity contribution in [3.8, 4) is 23.0 Å². The molecule has 1 atom stereocenters. The van der Waals surface area contributed by atoms with Crippen LogP contribution in [-0.4, -0.2) is 54.2 Å². The first-order chi connectivity index (χ1) is 18.9. The molecular weight excluding hydrogens is 498 g/mol. The average molecular weight is 530 g/mol. The SMILES string of the molecule is CCOc1cc(C2C(C(=O)/C=C/c3ccccc3)=C(O)C(=O)N2CCc2ccc(OC)c(OC)c2)ccc1O. The number of nitrogens with zero attached hydrogens (tertiary/aromatic N) is 1. The van der Waals surface area contributed by atoms with Crippen molar-refractivity contribution < 1.29 is 34.0 Å². The number of hydrogen-bond donors (Lipinski definition) is 2. The quantitative estimate of drug-likeness (QED) is 0.336. The van der Waals surface area contributed by atoms with E-state index in [1.165, 1.54) is 17.0 Å². The molecule has 1 aliphatic heterocycles. The van der Waals surface area contributed by atoms with Gasteiger partial charge in [0.25, 0.3) is 5.91 Å². The van der Waals surface area contributed by atoms with Gasteiger partial charge < -0.3 is 29.3 Å². The molecule has 2 N–H and O–H groups in total. The van der Waals surface area contributed by atoms with Gasteiger partial charge >= 0.3 is 0 Å². The Balaban J connectivity index is 1.69. The lowest BCUT2D eigenvalue weighted by Gasteiger charge is -2.27. The van der Waals surface area contributed by atoms with E-state index in [2.05, 4.69) is 0 Å². The minimum atomic E-state index is -0.884. The second-order valence-electron chi connectivity index (χ2n) is 8.87. The Hall–Kier alpha value is -4.72. The normalized spacial score (nSPS) is 15.2. The molecule has 0 aliphatic carbocycles. The Morgan fingerprint density at radius 1 is 0.949 bits per heavy atom. The Labute approximate surface area is 227 Å². The zero-order valence-electron chi connectivity index (χ0n) is 22.1. The molecule has 0 aromatic heterocycles. The summed E-state index contributed by atoms with van der Waals surface area (Å²) in [5.41, 5.74) is 2.17. The maximum absolute atomic E-state index is 13.4. The maximum atomic E-state index is 13.4. The van der Waals surface area contributed by atoms with E-state index in [1.54, 1.807) is 45.4 Å². The molecule has 8 heteroatoms. The summed E-state index contributed by atoms with van der Waals surface area (Å²) in [7, 11) is 3.10. The molecule has 1 aliphatic rings. The molecule has 4 rings (SSSR count). The van der Waals surface area contributed by atoms with Gasteiger partial charge in [-0.25, -0.2) is 0 Å². The molecule has 1 amide bonds. The topological polar surface area (TPSA) is 106 Å². The highest BCUT2D eigenvalue weighted by Gasteiger charge is 2.43. The smallest absolute Gasteiger partial charge is 0.290 e. The van der Waals surface area contributed by atoms with Gasteiger partial charge in [-0.15, -0.1) is 0 Å². The van der Waals surface area contributed by atoms with Gasteiger partial charge in [0.2, 0.25) is 0 Å². The van der Waals surface area contributed by atoms with Crippen LogP contribution in [0.15, 0.2) is 84.1 Å². The van der Waals surface area contributed by atoms with Gasteiger partial charge in [-0.05, 0) is 60.4 Å². The van der Waals surface area contributed by atoms with Gasteiger partial charge in [0, 0.05) is 6.54 Å². The monoisotopic (exact) mass is 529 g/mol. The highest BCUT2D eigenvalue weighted by molar-refractivity contribution is 6.14. The van der Waals surface area contributed by atoms with Crippen molar-refractivity contribution in [1.29, 1.82) is 0 Å². The molecule has 3 aromatic rings. The summed E-state index contributed by atoms with van der Waals surface area (Å²) >= 11 is 0. The van der Waals surface area contributed by atoms with E-state index >= 15 is 0 Å². The van der Waals surface area contributed by atoms with Gasteiger partial charge in [-0.2, -0.15) is 0 Å². The largest absolute Gasteiger partial charge is 0.504 e. The minimum absolute atomic E-state index is 0.0346. The van der Waals surface area contributed by atoms with Crippen molar-refractivity contribution in [2.75, 3.05) is 27.4 Å². The zero-order chi connectivity index (χ0) is 27.9. The fourth-order valence-corrected chi connectivity index (χ4v) is 4.57. The number of phenolic OH excluding ortho intramolecular Hbond substituents is 1. The molecule has 0 bridgehead atoms.